The molecule has 31 heavy (non-hydrogen) atoms. The summed E-state index contributed by atoms with van der Waals surface area (Å²) in [7, 11) is 2.29. The number of H-pyrrole nitrogens is 1. The van der Waals surface area contributed by atoms with Gasteiger partial charge in [0.15, 0.2) is 0 Å². The Morgan fingerprint density at radius 2 is 1.71 bits per heavy atom. The number of methoxy groups -OCH3 is 2. The van der Waals surface area contributed by atoms with Gasteiger partial charge in [-0.05, 0) is 12.1 Å². The first kappa shape index (κ1) is 22.1. The maximum absolute atomic E-state index is 13.3. The fourth-order valence-corrected chi connectivity index (χ4v) is 3.45. The number of Topliss-reactive ketones (excluding diaryl/α,β-unsaturated/α-hetero) is 1. The summed E-state index contributed by atoms with van der Waals surface area (Å²) in [6.07, 6.45) is 0. The number of nitrogens with one attached hydrogen (secondary N) is 1. The highest BCUT2D eigenvalue weighted by Gasteiger charge is 2.54. The standard InChI is InChI=1S/C18H14N2O9.C2H6/c1-26-16(24)7-5-9(15(22)23)19-13-11(7)12-8(6-10(20-12)17(25)27-2)18(14(13)21)28-3-4-29-18;1-2/h5-6,20H,3-4H2,1-2H3,(H,22,23);1-2H3. The summed E-state index contributed by atoms with van der Waals surface area (Å²) in [5, 5.41) is 9.36. The molecule has 1 spiro atoms. The Labute approximate surface area is 176 Å². The van der Waals surface area contributed by atoms with Crippen LogP contribution in [0.4, 0.5) is 0 Å². The fourth-order valence-electron chi connectivity index (χ4n) is 3.45. The lowest BCUT2D eigenvalue weighted by Crippen LogP contribution is -2.41. The van der Waals surface area contributed by atoms with Gasteiger partial charge in [-0.3, -0.25) is 4.79 Å². The van der Waals surface area contributed by atoms with Crippen molar-refractivity contribution in [3.05, 3.63) is 40.3 Å². The summed E-state index contributed by atoms with van der Waals surface area (Å²) in [6.45, 7) is 4.17. The van der Waals surface area contributed by atoms with Gasteiger partial charge in [0.25, 0.3) is 5.79 Å². The number of rotatable bonds is 3. The average Bonchev–Trinajstić information content (AvgIpc) is 3.45. The topological polar surface area (TPSA) is 154 Å². The van der Waals surface area contributed by atoms with Crippen LogP contribution in [-0.2, 0) is 24.7 Å². The first-order valence-electron chi connectivity index (χ1n) is 9.35. The molecule has 0 aromatic carbocycles. The van der Waals surface area contributed by atoms with Crippen LogP contribution < -0.4 is 0 Å². The summed E-state index contributed by atoms with van der Waals surface area (Å²) >= 11 is 0. The van der Waals surface area contributed by atoms with Gasteiger partial charge in [-0.15, -0.1) is 0 Å². The van der Waals surface area contributed by atoms with E-state index in [2.05, 4.69) is 9.97 Å². The molecule has 1 aliphatic carbocycles. The number of carbonyl (C=O) groups excluding carboxylic acids is 3. The van der Waals surface area contributed by atoms with Crippen molar-refractivity contribution in [1.82, 2.24) is 9.97 Å². The number of ketones is 1. The van der Waals surface area contributed by atoms with E-state index in [0.717, 1.165) is 13.2 Å². The highest BCUT2D eigenvalue weighted by atomic mass is 16.7. The Hall–Kier alpha value is -3.57. The minimum absolute atomic E-state index is 0.0123. The molecule has 0 atom stereocenters. The molecule has 1 saturated heterocycles. The summed E-state index contributed by atoms with van der Waals surface area (Å²) in [5.74, 6) is -5.76. The summed E-state index contributed by atoms with van der Waals surface area (Å²) in [6, 6.07) is 2.33. The van der Waals surface area contributed by atoms with Crippen molar-refractivity contribution in [1.29, 1.82) is 0 Å². The van der Waals surface area contributed by atoms with E-state index in [0.29, 0.717) is 0 Å². The van der Waals surface area contributed by atoms with Crippen LogP contribution in [0.1, 0.15) is 61.2 Å². The number of ether oxygens (including phenoxy) is 4. The van der Waals surface area contributed by atoms with Crippen molar-refractivity contribution < 1.29 is 43.2 Å². The molecule has 0 unspecified atom stereocenters. The lowest BCUT2D eigenvalue weighted by atomic mass is 9.85. The number of aromatic nitrogens is 2. The van der Waals surface area contributed by atoms with Gasteiger partial charge in [-0.1, -0.05) is 13.8 Å². The third-order valence-corrected chi connectivity index (χ3v) is 4.68. The molecule has 0 radical (unpaired) electrons. The van der Waals surface area contributed by atoms with Gasteiger partial charge in [-0.2, -0.15) is 0 Å². The molecule has 1 fully saturated rings. The number of hydrogen-bond donors (Lipinski definition) is 2. The van der Waals surface area contributed by atoms with Crippen molar-refractivity contribution in [2.45, 2.75) is 19.6 Å². The zero-order valence-electron chi connectivity index (χ0n) is 17.2. The minimum atomic E-state index is -1.91. The Kier molecular flexibility index (Phi) is 5.91. The van der Waals surface area contributed by atoms with Crippen molar-refractivity contribution in [2.24, 2.45) is 0 Å². The summed E-state index contributed by atoms with van der Waals surface area (Å²) < 4.78 is 20.6. The quantitative estimate of drug-likeness (QED) is 0.686. The van der Waals surface area contributed by atoms with E-state index in [4.69, 9.17) is 18.9 Å². The van der Waals surface area contributed by atoms with Crippen LogP contribution in [0.5, 0.6) is 0 Å². The predicted molar refractivity (Wildman–Crippen MR) is 103 cm³/mol. The lowest BCUT2D eigenvalue weighted by molar-refractivity contribution is -0.126. The Balaban J connectivity index is 0.00000132. The number of esters is 2. The van der Waals surface area contributed by atoms with Crippen LogP contribution in [0.15, 0.2) is 12.1 Å². The molecule has 11 nitrogen and oxygen atoms in total. The first-order valence-corrected chi connectivity index (χ1v) is 9.35. The van der Waals surface area contributed by atoms with Crippen LogP contribution in [0.25, 0.3) is 11.3 Å². The van der Waals surface area contributed by atoms with Gasteiger partial charge >= 0.3 is 17.9 Å². The predicted octanol–water partition coefficient (Wildman–Crippen LogP) is 1.77. The Morgan fingerprint density at radius 1 is 1.10 bits per heavy atom. The number of carboxylic acid groups (broad SMARTS) is 1. The molecule has 4 rings (SSSR count). The number of carbonyl (C=O) groups is 4. The number of aromatic carboxylic acids is 1. The Bertz CT molecular complexity index is 1080. The zero-order valence-corrected chi connectivity index (χ0v) is 17.2. The molecule has 11 heteroatoms. The molecule has 1 aliphatic heterocycles. The molecular formula is C20H20N2O9. The number of aromatic amines is 1. The molecule has 2 aliphatic rings. The smallest absolute Gasteiger partial charge is 0.354 e. The SMILES string of the molecule is CC.COC(=O)c1cc2c([nH]1)-c1c(C(=O)OC)cc(C(=O)O)nc1C(=O)C21OCCO1. The summed E-state index contributed by atoms with van der Waals surface area (Å²) in [5.41, 5.74) is -0.825. The van der Waals surface area contributed by atoms with Gasteiger partial charge in [0.2, 0.25) is 5.78 Å². The van der Waals surface area contributed by atoms with Gasteiger partial charge < -0.3 is 29.0 Å². The van der Waals surface area contributed by atoms with Crippen LogP contribution in [-0.4, -0.2) is 66.2 Å². The van der Waals surface area contributed by atoms with Gasteiger partial charge in [0, 0.05) is 11.1 Å². The highest BCUT2D eigenvalue weighted by Crippen LogP contribution is 2.47. The zero-order chi connectivity index (χ0) is 22.9. The van der Waals surface area contributed by atoms with E-state index in [1.165, 1.54) is 13.2 Å². The Morgan fingerprint density at radius 3 is 2.26 bits per heavy atom. The van der Waals surface area contributed by atoms with Gasteiger partial charge in [0.05, 0.1) is 38.7 Å². The molecule has 2 N–H and O–H groups in total. The van der Waals surface area contributed by atoms with Gasteiger partial charge in [-0.25, -0.2) is 19.4 Å². The first-order chi connectivity index (χ1) is 14.8. The second kappa shape index (κ2) is 8.28. The van der Waals surface area contributed by atoms with E-state index in [1.54, 1.807) is 0 Å². The monoisotopic (exact) mass is 432 g/mol. The van der Waals surface area contributed by atoms with E-state index in [1.807, 2.05) is 13.8 Å². The maximum Gasteiger partial charge on any atom is 0.354 e. The molecular weight excluding hydrogens is 412 g/mol. The second-order valence-corrected chi connectivity index (χ2v) is 6.18. The van der Waals surface area contributed by atoms with E-state index in [9.17, 15) is 24.3 Å². The van der Waals surface area contributed by atoms with Crippen molar-refractivity contribution in [2.75, 3.05) is 27.4 Å². The van der Waals surface area contributed by atoms with Crippen LogP contribution in [0, 0.1) is 0 Å². The molecule has 3 heterocycles. The third kappa shape index (κ3) is 3.27. The van der Waals surface area contributed by atoms with E-state index >= 15 is 0 Å². The lowest BCUT2D eigenvalue weighted by Gasteiger charge is -2.31. The largest absolute Gasteiger partial charge is 0.477 e. The van der Waals surface area contributed by atoms with Crippen LogP contribution in [0.2, 0.25) is 0 Å². The number of fused-ring (bicyclic) bond motifs is 4. The number of pyridine rings is 1. The number of hydrogen-bond acceptors (Lipinski definition) is 9. The van der Waals surface area contributed by atoms with E-state index < -0.39 is 35.2 Å². The van der Waals surface area contributed by atoms with Crippen molar-refractivity contribution in [3.63, 3.8) is 0 Å². The second-order valence-electron chi connectivity index (χ2n) is 6.18. The minimum Gasteiger partial charge on any atom is -0.477 e. The average molecular weight is 432 g/mol. The molecule has 2 aromatic heterocycles. The fraction of sp³-hybridized carbons (Fsp3) is 0.350. The third-order valence-electron chi connectivity index (χ3n) is 4.68. The molecule has 164 valence electrons. The van der Waals surface area contributed by atoms with Gasteiger partial charge in [0.1, 0.15) is 17.1 Å². The maximum atomic E-state index is 13.3. The van der Waals surface area contributed by atoms with Crippen molar-refractivity contribution >= 4 is 23.7 Å². The molecule has 0 bridgehead atoms. The van der Waals surface area contributed by atoms with Crippen molar-refractivity contribution in [3.8, 4) is 11.3 Å². The normalized spacial score (nSPS) is 15.4. The number of carboxylic acids is 1. The highest BCUT2D eigenvalue weighted by molar-refractivity contribution is 6.15. The van der Waals surface area contributed by atoms with Crippen LogP contribution in [0.3, 0.4) is 0 Å². The van der Waals surface area contributed by atoms with E-state index in [-0.39, 0.29) is 47.0 Å². The number of nitrogens with zero attached hydrogens (tertiary/aromatic N) is 1. The molecule has 0 saturated carbocycles. The van der Waals surface area contributed by atoms with Crippen LogP contribution >= 0.6 is 0 Å². The molecule has 2 aromatic rings. The summed E-state index contributed by atoms with van der Waals surface area (Å²) in [4.78, 5) is 55.9. The molecule has 0 amide bonds.